The first kappa shape index (κ1) is 31.5. The van der Waals surface area contributed by atoms with Crippen LogP contribution in [0.15, 0.2) is 60.9 Å². The van der Waals surface area contributed by atoms with E-state index in [-0.39, 0.29) is 47.6 Å². The van der Waals surface area contributed by atoms with Gasteiger partial charge in [-0.2, -0.15) is 0 Å². The number of aromatic nitrogens is 1. The van der Waals surface area contributed by atoms with Crippen LogP contribution in [0.5, 0.6) is 11.5 Å². The molecule has 2 aromatic carbocycles. The predicted octanol–water partition coefficient (Wildman–Crippen LogP) is 3.72. The van der Waals surface area contributed by atoms with E-state index in [0.717, 1.165) is 13.0 Å². The third kappa shape index (κ3) is 7.44. The number of pyridine rings is 1. The molecule has 0 saturated carbocycles. The lowest BCUT2D eigenvalue weighted by atomic mass is 10.00. The van der Waals surface area contributed by atoms with Crippen molar-refractivity contribution in [3.05, 3.63) is 89.0 Å². The maximum absolute atomic E-state index is 14.6. The third-order valence-corrected chi connectivity index (χ3v) is 6.09. The molecule has 3 aromatic rings. The highest BCUT2D eigenvalue weighted by Crippen LogP contribution is 2.30. The molecule has 12 heteroatoms. The van der Waals surface area contributed by atoms with Gasteiger partial charge < -0.3 is 25.2 Å². The number of amides is 1. The largest absolute Gasteiger partial charge is 0.507 e. The van der Waals surface area contributed by atoms with Crippen LogP contribution in [0.1, 0.15) is 49.5 Å². The number of nitrogens with one attached hydrogen (secondary N) is 2. The van der Waals surface area contributed by atoms with Crippen molar-refractivity contribution in [3.63, 3.8) is 0 Å². The molecule has 0 spiro atoms. The van der Waals surface area contributed by atoms with E-state index < -0.39 is 41.0 Å². The number of halogens is 3. The van der Waals surface area contributed by atoms with Gasteiger partial charge in [0.15, 0.2) is 17.3 Å². The Bertz CT molecular complexity index is 1290. The smallest absolute Gasteiger partial charge is 0.338 e. The number of benzene rings is 2. The Morgan fingerprint density at radius 2 is 1.67 bits per heavy atom. The van der Waals surface area contributed by atoms with Crippen molar-refractivity contribution in [2.75, 3.05) is 20.2 Å². The second-order valence-electron chi connectivity index (χ2n) is 8.49. The number of phenolic OH excluding ortho intramolecular Hbond substituents is 1. The summed E-state index contributed by atoms with van der Waals surface area (Å²) in [5.41, 5.74) is 0.181. The van der Waals surface area contributed by atoms with Crippen LogP contribution in [-0.4, -0.2) is 60.1 Å². The zero-order valence-electron chi connectivity index (χ0n) is 20.9. The van der Waals surface area contributed by atoms with Gasteiger partial charge in [0.2, 0.25) is 0 Å². The number of hydrogen-bond donors (Lipinski definition) is 3. The number of carbonyl (C=O) groups is 3. The summed E-state index contributed by atoms with van der Waals surface area (Å²) in [5.74, 6) is -3.35. The Kier molecular flexibility index (Phi) is 11.7. The van der Waals surface area contributed by atoms with Crippen LogP contribution in [-0.2, 0) is 4.74 Å². The van der Waals surface area contributed by atoms with Crippen LogP contribution in [0, 0.1) is 5.82 Å². The molecule has 208 valence electrons. The molecule has 1 aromatic heterocycles. The average Bonchev–Trinajstić information content (AvgIpc) is 3.14. The minimum atomic E-state index is -0.974. The zero-order valence-corrected chi connectivity index (χ0v) is 22.5. The van der Waals surface area contributed by atoms with Crippen molar-refractivity contribution in [2.24, 2.45) is 0 Å². The molecule has 0 aliphatic carbocycles. The van der Waals surface area contributed by atoms with Crippen LogP contribution in [0.25, 0.3) is 0 Å². The Morgan fingerprint density at radius 1 is 1.00 bits per heavy atom. The number of ketones is 1. The zero-order chi connectivity index (χ0) is 26.4. The molecule has 1 fully saturated rings. The van der Waals surface area contributed by atoms with Gasteiger partial charge in [0.1, 0.15) is 17.4 Å². The highest BCUT2D eigenvalue weighted by Gasteiger charge is 2.29. The number of rotatable bonds is 7. The van der Waals surface area contributed by atoms with Gasteiger partial charge in [0, 0.05) is 30.1 Å². The van der Waals surface area contributed by atoms with Gasteiger partial charge in [-0.05, 0) is 55.8 Å². The van der Waals surface area contributed by atoms with Crippen molar-refractivity contribution < 1.29 is 33.4 Å². The van der Waals surface area contributed by atoms with E-state index in [2.05, 4.69) is 15.6 Å². The summed E-state index contributed by atoms with van der Waals surface area (Å²) in [7, 11) is 1.25. The minimum Gasteiger partial charge on any atom is -0.507 e. The van der Waals surface area contributed by atoms with E-state index in [4.69, 9.17) is 9.47 Å². The van der Waals surface area contributed by atoms with E-state index >= 15 is 0 Å². The SMILES string of the molecule is COc1ccc(O)c(C(=O)c2ccc(C(=O)O[C@@H]3CCCNCC3NC(=O)c3ccncc3)cc2)c1F.Cl.Cl. The maximum Gasteiger partial charge on any atom is 0.338 e. The van der Waals surface area contributed by atoms with Gasteiger partial charge in [-0.15, -0.1) is 24.8 Å². The van der Waals surface area contributed by atoms with Gasteiger partial charge in [0.25, 0.3) is 5.91 Å². The van der Waals surface area contributed by atoms with Gasteiger partial charge in [0.05, 0.1) is 18.7 Å². The predicted molar refractivity (Wildman–Crippen MR) is 146 cm³/mol. The monoisotopic (exact) mass is 579 g/mol. The lowest BCUT2D eigenvalue weighted by molar-refractivity contribution is 0.0192. The fourth-order valence-corrected chi connectivity index (χ4v) is 4.09. The average molecular weight is 580 g/mol. The lowest BCUT2D eigenvalue weighted by Gasteiger charge is -2.26. The summed E-state index contributed by atoms with van der Waals surface area (Å²) in [6, 6.07) is 10.6. The first-order valence-corrected chi connectivity index (χ1v) is 11.7. The third-order valence-electron chi connectivity index (χ3n) is 6.09. The van der Waals surface area contributed by atoms with Crippen molar-refractivity contribution in [1.82, 2.24) is 15.6 Å². The van der Waals surface area contributed by atoms with E-state index in [1.807, 2.05) is 0 Å². The van der Waals surface area contributed by atoms with Crippen molar-refractivity contribution >= 4 is 42.5 Å². The van der Waals surface area contributed by atoms with E-state index in [0.29, 0.717) is 18.5 Å². The Morgan fingerprint density at radius 3 is 2.33 bits per heavy atom. The van der Waals surface area contributed by atoms with Crippen LogP contribution in [0.3, 0.4) is 0 Å². The number of nitrogens with zero attached hydrogens (tertiary/aromatic N) is 1. The Hall–Kier alpha value is -3.73. The molecule has 2 atom stereocenters. The topological polar surface area (TPSA) is 127 Å². The molecule has 2 heterocycles. The lowest BCUT2D eigenvalue weighted by Crippen LogP contribution is -2.49. The highest BCUT2D eigenvalue weighted by atomic mass is 35.5. The summed E-state index contributed by atoms with van der Waals surface area (Å²) in [6.45, 7) is 1.15. The summed E-state index contributed by atoms with van der Waals surface area (Å²) < 4.78 is 25.2. The molecule has 39 heavy (non-hydrogen) atoms. The molecule has 0 bridgehead atoms. The normalized spacial score (nSPS) is 16.5. The number of hydrogen-bond acceptors (Lipinski definition) is 8. The number of ether oxygens (including phenoxy) is 2. The number of carbonyl (C=O) groups excluding carboxylic acids is 3. The van der Waals surface area contributed by atoms with Gasteiger partial charge in [-0.3, -0.25) is 14.6 Å². The van der Waals surface area contributed by atoms with E-state index in [1.165, 1.54) is 55.9 Å². The van der Waals surface area contributed by atoms with Crippen LogP contribution < -0.4 is 15.4 Å². The number of aromatic hydroxyl groups is 1. The van der Waals surface area contributed by atoms with Crippen molar-refractivity contribution in [1.29, 1.82) is 0 Å². The first-order chi connectivity index (χ1) is 17.9. The standard InChI is InChI=1S/C27H26FN3O6.2ClH/c1-36-22-9-8-20(32)23(24(22)28)25(33)16-4-6-18(7-5-16)27(35)37-21-3-2-12-30-15-19(21)31-26(34)17-10-13-29-14-11-17;;/h4-11,13-14,19,21,30,32H,2-3,12,15H2,1H3,(H,31,34);2*1H/t19?,21-;;/m1../s1. The summed E-state index contributed by atoms with van der Waals surface area (Å²) in [5, 5.41) is 16.2. The fourth-order valence-electron chi connectivity index (χ4n) is 4.09. The molecule has 3 N–H and O–H groups in total. The Labute approximate surface area is 236 Å². The second kappa shape index (κ2) is 14.4. The molecular formula is C27H28Cl2FN3O6. The molecule has 1 saturated heterocycles. The van der Waals surface area contributed by atoms with Gasteiger partial charge in [-0.25, -0.2) is 9.18 Å². The molecule has 1 aliphatic rings. The summed E-state index contributed by atoms with van der Waals surface area (Å²) >= 11 is 0. The minimum absolute atomic E-state index is 0. The molecule has 0 radical (unpaired) electrons. The Balaban J connectivity index is 0.00000267. The van der Waals surface area contributed by atoms with Crippen LogP contribution in [0.4, 0.5) is 4.39 Å². The fraction of sp³-hybridized carbons (Fsp3) is 0.259. The van der Waals surface area contributed by atoms with E-state index in [9.17, 15) is 23.9 Å². The van der Waals surface area contributed by atoms with Crippen LogP contribution in [0.2, 0.25) is 0 Å². The number of methoxy groups -OCH3 is 1. The molecule has 4 rings (SSSR count). The summed E-state index contributed by atoms with van der Waals surface area (Å²) in [6.07, 6.45) is 3.78. The molecule has 1 amide bonds. The molecular weight excluding hydrogens is 552 g/mol. The summed E-state index contributed by atoms with van der Waals surface area (Å²) in [4.78, 5) is 42.3. The second-order valence-corrected chi connectivity index (χ2v) is 8.49. The molecule has 1 unspecified atom stereocenters. The van der Waals surface area contributed by atoms with Crippen molar-refractivity contribution in [2.45, 2.75) is 25.0 Å². The van der Waals surface area contributed by atoms with Crippen molar-refractivity contribution in [3.8, 4) is 11.5 Å². The van der Waals surface area contributed by atoms with E-state index in [1.54, 1.807) is 12.1 Å². The number of esters is 1. The first-order valence-electron chi connectivity index (χ1n) is 11.7. The maximum atomic E-state index is 14.6. The van der Waals surface area contributed by atoms with Gasteiger partial charge in [-0.1, -0.05) is 12.1 Å². The van der Waals surface area contributed by atoms with Crippen LogP contribution >= 0.6 is 24.8 Å². The molecule has 9 nitrogen and oxygen atoms in total. The highest BCUT2D eigenvalue weighted by molar-refractivity contribution is 6.11. The van der Waals surface area contributed by atoms with Gasteiger partial charge >= 0.3 is 5.97 Å². The number of phenols is 1. The molecule has 1 aliphatic heterocycles. The quantitative estimate of drug-likeness (QED) is 0.285.